The number of thioether (sulfide) groups is 1. The number of halogens is 3. The van der Waals surface area contributed by atoms with Crippen LogP contribution in [0.4, 0.5) is 13.2 Å². The van der Waals surface area contributed by atoms with Crippen LogP contribution in [0.15, 0.2) is 53.4 Å². The minimum absolute atomic E-state index is 0.0330. The third kappa shape index (κ3) is 4.19. The van der Waals surface area contributed by atoms with Crippen LogP contribution >= 0.6 is 11.8 Å². The van der Waals surface area contributed by atoms with Gasteiger partial charge >= 0.3 is 6.18 Å². The van der Waals surface area contributed by atoms with E-state index >= 15 is 0 Å². The predicted molar refractivity (Wildman–Crippen MR) is 94.7 cm³/mol. The predicted octanol–water partition coefficient (Wildman–Crippen LogP) is 4.00. The van der Waals surface area contributed by atoms with Gasteiger partial charge in [0.05, 0.1) is 28.9 Å². The summed E-state index contributed by atoms with van der Waals surface area (Å²) in [5.74, 6) is 0.480. The lowest BCUT2D eigenvalue weighted by molar-refractivity contribution is -0.137. The third-order valence-corrected chi connectivity index (χ3v) is 4.85. The first-order chi connectivity index (χ1) is 12.3. The second-order valence-electron chi connectivity index (χ2n) is 5.67. The zero-order chi connectivity index (χ0) is 18.7. The number of alkyl halides is 3. The summed E-state index contributed by atoms with van der Waals surface area (Å²) in [6.45, 7) is 0.257. The summed E-state index contributed by atoms with van der Waals surface area (Å²) in [5.41, 5.74) is 1.09. The molecule has 0 aliphatic carbocycles. The van der Waals surface area contributed by atoms with Crippen LogP contribution in [0.2, 0.25) is 0 Å². The van der Waals surface area contributed by atoms with E-state index in [0.29, 0.717) is 10.7 Å². The first-order valence-corrected chi connectivity index (χ1v) is 8.80. The highest BCUT2D eigenvalue weighted by atomic mass is 32.2. The fourth-order valence-electron chi connectivity index (χ4n) is 2.49. The number of imidazole rings is 1. The van der Waals surface area contributed by atoms with Gasteiger partial charge in [0.25, 0.3) is 0 Å². The maximum Gasteiger partial charge on any atom is 0.416 e. The molecule has 0 radical (unpaired) electrons. The van der Waals surface area contributed by atoms with Gasteiger partial charge < -0.3 is 9.88 Å². The Balaban J connectivity index is 1.57. The molecule has 1 aromatic heterocycles. The highest BCUT2D eigenvalue weighted by Crippen LogP contribution is 2.31. The molecule has 1 N–H and O–H groups in total. The smallest absolute Gasteiger partial charge is 0.348 e. The standard InChI is InChI=1S/C18H16F3N3OS/c1-24-15-8-3-2-7-14(15)23-16(24)10-22-17(25)11-26-13-6-4-5-12(9-13)18(19,20)21/h2-9H,10-11H2,1H3,(H,22,25). The molecule has 1 heterocycles. The first-order valence-electron chi connectivity index (χ1n) is 7.81. The number of benzene rings is 2. The van der Waals surface area contributed by atoms with Crippen molar-refractivity contribution in [2.45, 2.75) is 17.6 Å². The Morgan fingerprint density at radius 1 is 1.19 bits per heavy atom. The zero-order valence-corrected chi connectivity index (χ0v) is 14.7. The Bertz CT molecular complexity index is 937. The molecule has 0 aliphatic heterocycles. The average Bonchev–Trinajstić information content (AvgIpc) is 2.94. The molecule has 4 nitrogen and oxygen atoms in total. The van der Waals surface area contributed by atoms with Crippen molar-refractivity contribution in [1.29, 1.82) is 0 Å². The lowest BCUT2D eigenvalue weighted by Gasteiger charge is -2.09. The molecular formula is C18H16F3N3OS. The lowest BCUT2D eigenvalue weighted by atomic mass is 10.2. The van der Waals surface area contributed by atoms with Gasteiger partial charge in [-0.3, -0.25) is 4.79 Å². The van der Waals surface area contributed by atoms with Crippen molar-refractivity contribution in [1.82, 2.24) is 14.9 Å². The molecule has 3 aromatic rings. The molecule has 0 fully saturated rings. The summed E-state index contributed by atoms with van der Waals surface area (Å²) in [6.07, 6.45) is -4.39. The normalized spacial score (nSPS) is 11.7. The molecule has 0 unspecified atom stereocenters. The number of carbonyl (C=O) groups is 1. The highest BCUT2D eigenvalue weighted by Gasteiger charge is 2.30. The molecule has 0 aliphatic rings. The Hall–Kier alpha value is -2.48. The van der Waals surface area contributed by atoms with Gasteiger partial charge in [-0.15, -0.1) is 11.8 Å². The van der Waals surface area contributed by atoms with Crippen molar-refractivity contribution < 1.29 is 18.0 Å². The van der Waals surface area contributed by atoms with Gasteiger partial charge in [-0.1, -0.05) is 18.2 Å². The molecule has 3 rings (SSSR count). The summed E-state index contributed by atoms with van der Waals surface area (Å²) in [7, 11) is 1.87. The van der Waals surface area contributed by atoms with Gasteiger partial charge in [-0.25, -0.2) is 4.98 Å². The van der Waals surface area contributed by atoms with Crippen LogP contribution in [0.1, 0.15) is 11.4 Å². The van der Waals surface area contributed by atoms with Gasteiger partial charge in [0.15, 0.2) is 0 Å². The molecule has 1 amide bonds. The van der Waals surface area contributed by atoms with E-state index < -0.39 is 11.7 Å². The quantitative estimate of drug-likeness (QED) is 0.682. The number of hydrogen-bond donors (Lipinski definition) is 1. The highest BCUT2D eigenvalue weighted by molar-refractivity contribution is 8.00. The van der Waals surface area contributed by atoms with Crippen LogP contribution in [0, 0.1) is 0 Å². The maximum absolute atomic E-state index is 12.7. The van der Waals surface area contributed by atoms with Gasteiger partial charge in [-0.05, 0) is 30.3 Å². The summed E-state index contributed by atoms with van der Waals surface area (Å²) in [4.78, 5) is 16.9. The van der Waals surface area contributed by atoms with Gasteiger partial charge in [0, 0.05) is 11.9 Å². The summed E-state index contributed by atoms with van der Waals surface area (Å²) in [5, 5.41) is 2.75. The second-order valence-corrected chi connectivity index (χ2v) is 6.72. The topological polar surface area (TPSA) is 46.9 Å². The number of amides is 1. The number of rotatable bonds is 5. The third-order valence-electron chi connectivity index (χ3n) is 3.85. The van der Waals surface area contributed by atoms with Gasteiger partial charge in [0.2, 0.25) is 5.91 Å². The summed E-state index contributed by atoms with van der Waals surface area (Å²) < 4.78 is 40.0. The van der Waals surface area contributed by atoms with Gasteiger partial charge in [-0.2, -0.15) is 13.2 Å². The van der Waals surface area contributed by atoms with E-state index in [4.69, 9.17) is 0 Å². The average molecular weight is 379 g/mol. The van der Waals surface area contributed by atoms with E-state index in [0.717, 1.165) is 34.9 Å². The van der Waals surface area contributed by atoms with Crippen LogP contribution < -0.4 is 5.32 Å². The van der Waals surface area contributed by atoms with Crippen molar-refractivity contribution in [3.8, 4) is 0 Å². The number of fused-ring (bicyclic) bond motifs is 1. The second kappa shape index (κ2) is 7.41. The van der Waals surface area contributed by atoms with Crippen LogP contribution in [-0.2, 0) is 24.6 Å². The van der Waals surface area contributed by atoms with Crippen LogP contribution in [0.25, 0.3) is 11.0 Å². The number of aryl methyl sites for hydroxylation is 1. The molecule has 0 saturated heterocycles. The molecule has 2 aromatic carbocycles. The molecule has 0 spiro atoms. The van der Waals surface area contributed by atoms with Crippen molar-refractivity contribution >= 4 is 28.7 Å². The maximum atomic E-state index is 12.7. The molecule has 136 valence electrons. The number of nitrogens with one attached hydrogen (secondary N) is 1. The number of hydrogen-bond acceptors (Lipinski definition) is 3. The number of carbonyl (C=O) groups excluding carboxylic acids is 1. The molecular weight excluding hydrogens is 363 g/mol. The monoisotopic (exact) mass is 379 g/mol. The Morgan fingerprint density at radius 3 is 2.69 bits per heavy atom. The minimum Gasteiger partial charge on any atom is -0.348 e. The van der Waals surface area contributed by atoms with E-state index in [2.05, 4.69) is 10.3 Å². The van der Waals surface area contributed by atoms with Crippen LogP contribution in [-0.4, -0.2) is 21.2 Å². The van der Waals surface area contributed by atoms with Crippen molar-refractivity contribution in [3.05, 3.63) is 59.9 Å². The Labute approximate surface area is 152 Å². The molecule has 0 bridgehead atoms. The van der Waals surface area contributed by atoms with Crippen LogP contribution in [0.3, 0.4) is 0 Å². The van der Waals surface area contributed by atoms with Gasteiger partial charge in [0.1, 0.15) is 5.82 Å². The molecule has 26 heavy (non-hydrogen) atoms. The zero-order valence-electron chi connectivity index (χ0n) is 13.9. The summed E-state index contributed by atoms with van der Waals surface area (Å²) >= 11 is 1.06. The van der Waals surface area contributed by atoms with Crippen molar-refractivity contribution in [3.63, 3.8) is 0 Å². The molecule has 0 saturated carbocycles. The number of nitrogens with zero attached hydrogens (tertiary/aromatic N) is 2. The Morgan fingerprint density at radius 2 is 1.96 bits per heavy atom. The molecule has 0 atom stereocenters. The van der Waals surface area contributed by atoms with E-state index in [1.54, 1.807) is 6.07 Å². The Kier molecular flexibility index (Phi) is 5.22. The largest absolute Gasteiger partial charge is 0.416 e. The first kappa shape index (κ1) is 18.3. The fourth-order valence-corrected chi connectivity index (χ4v) is 3.28. The van der Waals surface area contributed by atoms with E-state index in [9.17, 15) is 18.0 Å². The molecule has 8 heteroatoms. The van der Waals surface area contributed by atoms with Crippen molar-refractivity contribution in [2.75, 3.05) is 5.75 Å². The lowest BCUT2D eigenvalue weighted by Crippen LogP contribution is -2.26. The van der Waals surface area contributed by atoms with E-state index in [1.807, 2.05) is 35.9 Å². The summed E-state index contributed by atoms with van der Waals surface area (Å²) in [6, 6.07) is 12.6. The number of para-hydroxylation sites is 2. The van der Waals surface area contributed by atoms with E-state index in [-0.39, 0.29) is 18.2 Å². The minimum atomic E-state index is -4.39. The van der Waals surface area contributed by atoms with Crippen LogP contribution in [0.5, 0.6) is 0 Å². The van der Waals surface area contributed by atoms with E-state index in [1.165, 1.54) is 6.07 Å². The fraction of sp³-hybridized carbons (Fsp3) is 0.222. The SMILES string of the molecule is Cn1c(CNC(=O)CSc2cccc(C(F)(F)F)c2)nc2ccccc21. The number of aromatic nitrogens is 2. The van der Waals surface area contributed by atoms with Crippen molar-refractivity contribution in [2.24, 2.45) is 7.05 Å².